The molecule has 0 fully saturated rings. The van der Waals surface area contributed by atoms with Gasteiger partial charge < -0.3 is 29.5 Å². The molecule has 0 radical (unpaired) electrons. The highest BCUT2D eigenvalue weighted by Gasteiger charge is 2.32. The first-order chi connectivity index (χ1) is 17.1. The van der Waals surface area contributed by atoms with E-state index < -0.39 is 0 Å². The van der Waals surface area contributed by atoms with Gasteiger partial charge in [-0.1, -0.05) is 35.5 Å². The van der Waals surface area contributed by atoms with E-state index in [0.29, 0.717) is 28.9 Å². The van der Waals surface area contributed by atoms with Crippen molar-refractivity contribution in [1.29, 1.82) is 0 Å². The molecular weight excluding hydrogens is 444 g/mol. The number of hydrogen-bond acceptors (Lipinski definition) is 8. The molecule has 6 rings (SSSR count). The summed E-state index contributed by atoms with van der Waals surface area (Å²) in [5, 5.41) is 12.1. The minimum atomic E-state index is -0.0151. The maximum absolute atomic E-state index is 13.6. The third-order valence-corrected chi connectivity index (χ3v) is 6.42. The predicted molar refractivity (Wildman–Crippen MR) is 134 cm³/mol. The van der Waals surface area contributed by atoms with Crippen molar-refractivity contribution in [2.75, 3.05) is 44.6 Å². The van der Waals surface area contributed by atoms with Crippen molar-refractivity contribution < 1.29 is 18.8 Å². The van der Waals surface area contributed by atoms with Gasteiger partial charge >= 0.3 is 0 Å². The maximum atomic E-state index is 13.6. The zero-order chi connectivity index (χ0) is 23.9. The first-order valence-electron chi connectivity index (χ1n) is 11.7. The van der Waals surface area contributed by atoms with Crippen molar-refractivity contribution in [3.63, 3.8) is 0 Å². The van der Waals surface area contributed by atoms with Gasteiger partial charge in [0.2, 0.25) is 6.79 Å². The number of rotatable bonds is 8. The number of ether oxygens (including phenoxy) is 2. The highest BCUT2D eigenvalue weighted by atomic mass is 16.7. The lowest BCUT2D eigenvalue weighted by molar-refractivity contribution is 0.104. The number of nitrogens with zero attached hydrogens (tertiary/aromatic N) is 2. The van der Waals surface area contributed by atoms with E-state index in [4.69, 9.17) is 14.0 Å². The molecule has 2 heterocycles. The lowest BCUT2D eigenvalue weighted by Gasteiger charge is -2.20. The van der Waals surface area contributed by atoms with Gasteiger partial charge in [0.25, 0.3) is 0 Å². The van der Waals surface area contributed by atoms with Gasteiger partial charge in [-0.05, 0) is 50.8 Å². The molecule has 0 spiro atoms. The van der Waals surface area contributed by atoms with Crippen molar-refractivity contribution in [2.24, 2.45) is 0 Å². The summed E-state index contributed by atoms with van der Waals surface area (Å²) in [7, 11) is 4.11. The number of carbonyl (C=O) groups excluding carboxylic acids is 1. The fraction of sp³-hybridized carbons (Fsp3) is 0.259. The number of carbonyl (C=O) groups is 1. The Morgan fingerprint density at radius 2 is 1.80 bits per heavy atom. The van der Waals surface area contributed by atoms with Gasteiger partial charge in [-0.2, -0.15) is 0 Å². The van der Waals surface area contributed by atoms with Crippen molar-refractivity contribution in [2.45, 2.75) is 13.0 Å². The Labute approximate surface area is 202 Å². The average Bonchev–Trinajstić information content (AvgIpc) is 3.51. The van der Waals surface area contributed by atoms with Gasteiger partial charge in [0.15, 0.2) is 23.0 Å². The summed E-state index contributed by atoms with van der Waals surface area (Å²) >= 11 is 0. The third-order valence-electron chi connectivity index (χ3n) is 6.42. The van der Waals surface area contributed by atoms with E-state index in [0.717, 1.165) is 58.9 Å². The van der Waals surface area contributed by atoms with Crippen LogP contribution in [0.15, 0.2) is 53.1 Å². The van der Waals surface area contributed by atoms with E-state index in [1.165, 1.54) is 0 Å². The minimum Gasteiger partial charge on any atom is -0.454 e. The Morgan fingerprint density at radius 3 is 2.66 bits per heavy atom. The number of anilines is 2. The number of fused-ring (bicyclic) bond motifs is 3. The van der Waals surface area contributed by atoms with Crippen LogP contribution in [0.2, 0.25) is 0 Å². The van der Waals surface area contributed by atoms with Gasteiger partial charge in [-0.15, -0.1) is 0 Å². The SMILES string of the molecule is CN(C)CCCNc1cc(NCc2ccc3c(c2)OCO3)c2noc3c2c1C(=O)c1ccccc1-3. The molecule has 1 aliphatic carbocycles. The summed E-state index contributed by atoms with van der Waals surface area (Å²) in [5.41, 5.74) is 5.32. The molecule has 0 saturated heterocycles. The summed E-state index contributed by atoms with van der Waals surface area (Å²) in [4.78, 5) is 15.7. The van der Waals surface area contributed by atoms with Crippen LogP contribution in [-0.2, 0) is 6.54 Å². The molecule has 1 aliphatic heterocycles. The number of aromatic nitrogens is 1. The van der Waals surface area contributed by atoms with E-state index in [9.17, 15) is 4.79 Å². The number of nitrogens with one attached hydrogen (secondary N) is 2. The molecular formula is C27H26N4O4. The second-order valence-corrected chi connectivity index (χ2v) is 9.08. The van der Waals surface area contributed by atoms with Crippen LogP contribution in [0.5, 0.6) is 11.5 Å². The summed E-state index contributed by atoms with van der Waals surface area (Å²) in [6.45, 7) is 2.50. The van der Waals surface area contributed by atoms with Crippen LogP contribution in [0, 0.1) is 0 Å². The number of ketones is 1. The Kier molecular flexibility index (Phi) is 5.30. The van der Waals surface area contributed by atoms with Crippen LogP contribution in [0.4, 0.5) is 11.4 Å². The fourth-order valence-corrected chi connectivity index (χ4v) is 4.70. The maximum Gasteiger partial charge on any atom is 0.231 e. The molecule has 0 amide bonds. The van der Waals surface area contributed by atoms with Gasteiger partial charge in [-0.25, -0.2) is 0 Å². The zero-order valence-electron chi connectivity index (χ0n) is 19.7. The van der Waals surface area contributed by atoms with Gasteiger partial charge in [-0.3, -0.25) is 4.79 Å². The molecule has 0 unspecified atom stereocenters. The molecule has 0 saturated carbocycles. The van der Waals surface area contributed by atoms with Crippen LogP contribution in [0.25, 0.3) is 22.2 Å². The minimum absolute atomic E-state index is 0.0151. The Hall–Kier alpha value is -4.04. The Bertz CT molecular complexity index is 1440. The molecule has 2 N–H and O–H groups in total. The van der Waals surface area contributed by atoms with Gasteiger partial charge in [0.1, 0.15) is 5.52 Å². The van der Waals surface area contributed by atoms with Crippen molar-refractivity contribution in [3.8, 4) is 22.8 Å². The molecule has 8 heteroatoms. The van der Waals surface area contributed by atoms with Crippen LogP contribution < -0.4 is 20.1 Å². The lowest BCUT2D eigenvalue weighted by atomic mass is 9.86. The first kappa shape index (κ1) is 21.5. The molecule has 35 heavy (non-hydrogen) atoms. The highest BCUT2D eigenvalue weighted by Crippen LogP contribution is 2.45. The molecule has 0 bridgehead atoms. The van der Waals surface area contributed by atoms with E-state index in [1.807, 2.05) is 48.5 Å². The Morgan fingerprint density at radius 1 is 0.971 bits per heavy atom. The summed E-state index contributed by atoms with van der Waals surface area (Å²) in [6.07, 6.45) is 0.950. The molecule has 0 atom stereocenters. The Balaban J connectivity index is 1.39. The van der Waals surface area contributed by atoms with Crippen molar-refractivity contribution in [1.82, 2.24) is 10.1 Å². The molecule has 4 aromatic rings. The van der Waals surface area contributed by atoms with Crippen molar-refractivity contribution >= 4 is 28.1 Å². The number of benzene rings is 3. The standard InChI is InChI=1S/C27H26N4O4/c1-31(2)11-5-10-28-19-13-20(29-14-16-8-9-21-22(12-16)34-15-33-21)25-24-23(19)26(32)17-6-3-4-7-18(17)27(24)35-30-25/h3-4,6-9,12-13,28-29H,5,10-11,14-15H2,1-2H3. The normalized spacial score (nSPS) is 13.4. The van der Waals surface area contributed by atoms with E-state index in [-0.39, 0.29) is 12.6 Å². The van der Waals surface area contributed by atoms with Crippen LogP contribution >= 0.6 is 0 Å². The molecule has 8 nitrogen and oxygen atoms in total. The summed E-state index contributed by atoms with van der Waals surface area (Å²) in [6, 6.07) is 15.4. The smallest absolute Gasteiger partial charge is 0.231 e. The topological polar surface area (TPSA) is 88.9 Å². The van der Waals surface area contributed by atoms with Crippen LogP contribution in [0.3, 0.4) is 0 Å². The third kappa shape index (κ3) is 3.76. The second-order valence-electron chi connectivity index (χ2n) is 9.08. The number of hydrogen-bond donors (Lipinski definition) is 2. The lowest BCUT2D eigenvalue weighted by Crippen LogP contribution is -2.18. The summed E-state index contributed by atoms with van der Waals surface area (Å²) < 4.78 is 16.7. The highest BCUT2D eigenvalue weighted by molar-refractivity contribution is 6.28. The molecule has 1 aromatic heterocycles. The van der Waals surface area contributed by atoms with E-state index in [1.54, 1.807) is 0 Å². The van der Waals surface area contributed by atoms with E-state index >= 15 is 0 Å². The zero-order valence-corrected chi connectivity index (χ0v) is 19.7. The second kappa shape index (κ2) is 8.63. The first-order valence-corrected chi connectivity index (χ1v) is 11.7. The van der Waals surface area contributed by atoms with Gasteiger partial charge in [0, 0.05) is 29.9 Å². The molecule has 2 aliphatic rings. The largest absolute Gasteiger partial charge is 0.454 e. The summed E-state index contributed by atoms with van der Waals surface area (Å²) in [5.74, 6) is 2.12. The predicted octanol–water partition coefficient (Wildman–Crippen LogP) is 4.74. The van der Waals surface area contributed by atoms with Crippen LogP contribution in [-0.4, -0.2) is 49.8 Å². The monoisotopic (exact) mass is 470 g/mol. The fourth-order valence-electron chi connectivity index (χ4n) is 4.70. The van der Waals surface area contributed by atoms with E-state index in [2.05, 4.69) is 34.8 Å². The quantitative estimate of drug-likeness (QED) is 0.314. The average molecular weight is 471 g/mol. The van der Waals surface area contributed by atoms with Crippen molar-refractivity contribution in [3.05, 3.63) is 65.2 Å². The molecule has 3 aromatic carbocycles. The van der Waals surface area contributed by atoms with Crippen LogP contribution in [0.1, 0.15) is 27.9 Å². The molecule has 178 valence electrons. The van der Waals surface area contributed by atoms with Gasteiger partial charge in [0.05, 0.1) is 16.6 Å².